The number of hydrogen-bond donors (Lipinski definition) is 0. The van der Waals surface area contributed by atoms with Crippen LogP contribution in [0.4, 0.5) is 0 Å². The number of imidazole rings is 1. The van der Waals surface area contributed by atoms with E-state index in [2.05, 4.69) is 27.2 Å². The summed E-state index contributed by atoms with van der Waals surface area (Å²) in [6.45, 7) is 4.07. The summed E-state index contributed by atoms with van der Waals surface area (Å²) < 4.78 is 3.78. The number of hydrogen-bond acceptors (Lipinski definition) is 4. The minimum Gasteiger partial charge on any atom is -0.334 e. The van der Waals surface area contributed by atoms with E-state index in [0.717, 1.165) is 27.7 Å². The maximum absolute atomic E-state index is 12.6. The van der Waals surface area contributed by atoms with Gasteiger partial charge in [0.25, 0.3) is 0 Å². The quantitative estimate of drug-likeness (QED) is 0.508. The second-order valence-electron chi connectivity index (χ2n) is 7.03. The van der Waals surface area contributed by atoms with Gasteiger partial charge in [-0.3, -0.25) is 14.5 Å². The molecular formula is C21H21N5O. The number of pyridine rings is 1. The molecule has 0 bridgehead atoms. The van der Waals surface area contributed by atoms with Gasteiger partial charge in [0.2, 0.25) is 0 Å². The van der Waals surface area contributed by atoms with Crippen LogP contribution in [0.3, 0.4) is 0 Å². The molecule has 27 heavy (non-hydrogen) atoms. The normalized spacial score (nSPS) is 11.4. The summed E-state index contributed by atoms with van der Waals surface area (Å²) in [4.78, 5) is 21.2. The molecule has 0 amide bonds. The maximum Gasteiger partial charge on any atom is 0.171 e. The van der Waals surface area contributed by atoms with Crippen LogP contribution in [0.2, 0.25) is 0 Å². The highest BCUT2D eigenvalue weighted by Crippen LogP contribution is 2.24. The van der Waals surface area contributed by atoms with E-state index in [1.807, 2.05) is 50.0 Å². The number of aryl methyl sites for hydroxylation is 1. The van der Waals surface area contributed by atoms with Crippen molar-refractivity contribution in [3.63, 3.8) is 0 Å². The molecule has 4 rings (SSSR count). The van der Waals surface area contributed by atoms with E-state index in [0.29, 0.717) is 5.56 Å². The van der Waals surface area contributed by atoms with E-state index in [1.165, 1.54) is 0 Å². The van der Waals surface area contributed by atoms with E-state index in [9.17, 15) is 4.79 Å². The van der Waals surface area contributed by atoms with Crippen molar-refractivity contribution < 1.29 is 4.79 Å². The lowest BCUT2D eigenvalue weighted by Gasteiger charge is -2.06. The zero-order chi connectivity index (χ0) is 19.0. The number of ketones is 1. The Morgan fingerprint density at radius 2 is 1.96 bits per heavy atom. The lowest BCUT2D eigenvalue weighted by atomic mass is 10.0. The monoisotopic (exact) mass is 359 g/mol. The average Bonchev–Trinajstić information content (AvgIpc) is 3.30. The Hall–Kier alpha value is -3.28. The van der Waals surface area contributed by atoms with Crippen molar-refractivity contribution in [3.05, 3.63) is 66.6 Å². The SMILES string of the molecule is CC(C)n1cc(C(=O)Cc2cc3cc(-c4cncn4C)ccc3cn2)cn1. The van der Waals surface area contributed by atoms with E-state index in [-0.39, 0.29) is 18.2 Å². The Morgan fingerprint density at radius 1 is 1.11 bits per heavy atom. The first kappa shape index (κ1) is 17.1. The van der Waals surface area contributed by atoms with Gasteiger partial charge in [0, 0.05) is 42.1 Å². The van der Waals surface area contributed by atoms with Gasteiger partial charge in [-0.15, -0.1) is 0 Å². The van der Waals surface area contributed by atoms with E-state index >= 15 is 0 Å². The van der Waals surface area contributed by atoms with Crippen molar-refractivity contribution in [1.29, 1.82) is 0 Å². The number of carbonyl (C=O) groups is 1. The summed E-state index contributed by atoms with van der Waals surface area (Å²) in [6, 6.07) is 8.43. The Balaban J connectivity index is 1.62. The predicted octanol–water partition coefficient (Wildman–Crippen LogP) is 3.84. The second kappa shape index (κ2) is 6.79. The number of Topliss-reactive ketones (excluding diaryl/α,β-unsaturated/α-hetero) is 1. The van der Waals surface area contributed by atoms with E-state index in [4.69, 9.17) is 0 Å². The first-order chi connectivity index (χ1) is 13.0. The van der Waals surface area contributed by atoms with E-state index < -0.39 is 0 Å². The minimum atomic E-state index is 0.0246. The lowest BCUT2D eigenvalue weighted by Crippen LogP contribution is -2.05. The van der Waals surface area contributed by atoms with Crippen LogP contribution < -0.4 is 0 Å². The molecule has 0 radical (unpaired) electrons. The van der Waals surface area contributed by atoms with Gasteiger partial charge in [-0.05, 0) is 31.4 Å². The highest BCUT2D eigenvalue weighted by atomic mass is 16.1. The standard InChI is InChI=1S/C21H21N5O/c1-14(2)26-12-18(10-24-26)21(27)8-19-7-17-6-15(4-5-16(17)9-23-19)20-11-22-13-25(20)3/h4-7,9-14H,8H2,1-3H3. The molecule has 136 valence electrons. The summed E-state index contributed by atoms with van der Waals surface area (Å²) in [7, 11) is 1.97. The third-order valence-corrected chi connectivity index (χ3v) is 4.69. The number of rotatable bonds is 5. The molecule has 0 unspecified atom stereocenters. The van der Waals surface area contributed by atoms with Crippen LogP contribution in [-0.4, -0.2) is 30.1 Å². The first-order valence-corrected chi connectivity index (χ1v) is 8.94. The highest BCUT2D eigenvalue weighted by Gasteiger charge is 2.12. The summed E-state index contributed by atoms with van der Waals surface area (Å²) in [6.07, 6.45) is 9.14. The van der Waals surface area contributed by atoms with Crippen LogP contribution in [0.5, 0.6) is 0 Å². The van der Waals surface area contributed by atoms with Gasteiger partial charge in [0.15, 0.2) is 5.78 Å². The molecule has 0 aliphatic carbocycles. The van der Waals surface area contributed by atoms with Gasteiger partial charge < -0.3 is 4.57 Å². The fraction of sp³-hybridized carbons (Fsp3) is 0.238. The van der Waals surface area contributed by atoms with Gasteiger partial charge in [0.05, 0.1) is 36.4 Å². The van der Waals surface area contributed by atoms with Gasteiger partial charge in [0.1, 0.15) is 0 Å². The molecule has 0 aliphatic heterocycles. The zero-order valence-corrected chi connectivity index (χ0v) is 15.6. The number of carbonyl (C=O) groups excluding carboxylic acids is 1. The molecule has 0 atom stereocenters. The molecule has 0 saturated heterocycles. The molecule has 0 spiro atoms. The van der Waals surface area contributed by atoms with E-state index in [1.54, 1.807) is 23.4 Å². The largest absolute Gasteiger partial charge is 0.334 e. The summed E-state index contributed by atoms with van der Waals surface area (Å²) in [5, 5.41) is 6.35. The van der Waals surface area contributed by atoms with Crippen LogP contribution in [0.1, 0.15) is 35.9 Å². The maximum atomic E-state index is 12.6. The second-order valence-corrected chi connectivity index (χ2v) is 7.03. The smallest absolute Gasteiger partial charge is 0.171 e. The Labute approximate surface area is 157 Å². The molecule has 3 aromatic heterocycles. The molecule has 6 nitrogen and oxygen atoms in total. The fourth-order valence-electron chi connectivity index (χ4n) is 3.11. The van der Waals surface area contributed by atoms with Crippen molar-refractivity contribution in [1.82, 2.24) is 24.3 Å². The molecule has 0 saturated carbocycles. The summed E-state index contributed by atoms with van der Waals surface area (Å²) in [5.74, 6) is 0.0246. The molecular weight excluding hydrogens is 338 g/mol. The Morgan fingerprint density at radius 3 is 2.67 bits per heavy atom. The third-order valence-electron chi connectivity index (χ3n) is 4.69. The van der Waals surface area contributed by atoms with Gasteiger partial charge in [-0.2, -0.15) is 5.10 Å². The highest BCUT2D eigenvalue weighted by molar-refractivity contribution is 5.97. The zero-order valence-electron chi connectivity index (χ0n) is 15.6. The van der Waals surface area contributed by atoms with Crippen molar-refractivity contribution in [2.45, 2.75) is 26.3 Å². The average molecular weight is 359 g/mol. The third kappa shape index (κ3) is 3.38. The number of benzene rings is 1. The molecule has 0 N–H and O–H groups in total. The molecule has 4 aromatic rings. The van der Waals surface area contributed by atoms with Gasteiger partial charge >= 0.3 is 0 Å². The topological polar surface area (TPSA) is 65.6 Å². The first-order valence-electron chi connectivity index (χ1n) is 8.94. The van der Waals surface area contributed by atoms with Gasteiger partial charge in [-0.25, -0.2) is 4.98 Å². The summed E-state index contributed by atoms with van der Waals surface area (Å²) in [5.41, 5.74) is 3.51. The van der Waals surface area contributed by atoms with Crippen LogP contribution in [0, 0.1) is 0 Å². The number of fused-ring (bicyclic) bond motifs is 1. The van der Waals surface area contributed by atoms with Crippen molar-refractivity contribution in [2.24, 2.45) is 7.05 Å². The van der Waals surface area contributed by atoms with Crippen LogP contribution in [0.25, 0.3) is 22.0 Å². The number of nitrogens with zero attached hydrogens (tertiary/aromatic N) is 5. The van der Waals surface area contributed by atoms with Crippen molar-refractivity contribution in [2.75, 3.05) is 0 Å². The fourth-order valence-corrected chi connectivity index (χ4v) is 3.11. The molecule has 1 aromatic carbocycles. The predicted molar refractivity (Wildman–Crippen MR) is 105 cm³/mol. The van der Waals surface area contributed by atoms with Crippen LogP contribution >= 0.6 is 0 Å². The lowest BCUT2D eigenvalue weighted by molar-refractivity contribution is 0.0992. The molecule has 6 heteroatoms. The van der Waals surface area contributed by atoms with Crippen molar-refractivity contribution >= 4 is 16.6 Å². The Kier molecular flexibility index (Phi) is 4.32. The summed E-state index contributed by atoms with van der Waals surface area (Å²) >= 11 is 0. The van der Waals surface area contributed by atoms with Crippen LogP contribution in [0.15, 0.2) is 55.4 Å². The molecule has 0 fully saturated rings. The molecule has 0 aliphatic rings. The minimum absolute atomic E-state index is 0.0246. The van der Waals surface area contributed by atoms with Crippen molar-refractivity contribution in [3.8, 4) is 11.3 Å². The number of aromatic nitrogens is 5. The molecule has 3 heterocycles. The van der Waals surface area contributed by atoms with Crippen LogP contribution in [-0.2, 0) is 13.5 Å². The Bertz CT molecular complexity index is 1120. The van der Waals surface area contributed by atoms with Gasteiger partial charge in [-0.1, -0.05) is 12.1 Å².